The van der Waals surface area contributed by atoms with Crippen LogP contribution in [0.15, 0.2) is 75.6 Å². The second-order valence-electron chi connectivity index (χ2n) is 8.44. The molecule has 1 aliphatic rings. The van der Waals surface area contributed by atoms with E-state index in [4.69, 9.17) is 10.5 Å². The summed E-state index contributed by atoms with van der Waals surface area (Å²) in [6.45, 7) is 5.19. The Morgan fingerprint density at radius 1 is 1.03 bits per heavy atom. The predicted molar refractivity (Wildman–Crippen MR) is 146 cm³/mol. The number of benzene rings is 1. The third kappa shape index (κ3) is 4.67. The minimum atomic E-state index is -0.171. The van der Waals surface area contributed by atoms with Crippen molar-refractivity contribution in [2.45, 2.75) is 19.9 Å². The molecule has 1 aliphatic heterocycles. The van der Waals surface area contributed by atoms with Crippen molar-refractivity contribution in [3.05, 3.63) is 87.5 Å². The third-order valence-corrected chi connectivity index (χ3v) is 6.10. The average molecular weight is 486 g/mol. The number of pyridine rings is 2. The molecule has 0 bridgehead atoms. The summed E-state index contributed by atoms with van der Waals surface area (Å²) in [5, 5.41) is 0.711. The van der Waals surface area contributed by atoms with Crippen molar-refractivity contribution in [3.8, 4) is 22.3 Å². The molecule has 8 heteroatoms. The summed E-state index contributed by atoms with van der Waals surface area (Å²) in [4.78, 5) is 33.4. The quantitative estimate of drug-likeness (QED) is 0.420. The van der Waals surface area contributed by atoms with Gasteiger partial charge in [-0.25, -0.2) is 0 Å². The molecular weight excluding hydrogens is 454 g/mol. The summed E-state index contributed by atoms with van der Waals surface area (Å²) in [7, 11) is 3.43. The zero-order valence-corrected chi connectivity index (χ0v) is 21.0. The van der Waals surface area contributed by atoms with Crippen LogP contribution < -0.4 is 16.9 Å². The van der Waals surface area contributed by atoms with Crippen LogP contribution in [0.2, 0.25) is 0 Å². The molecule has 0 amide bonds. The fraction of sp³-hybridized carbons (Fsp3) is 0.250. The fourth-order valence-electron chi connectivity index (χ4n) is 4.10. The first-order valence-electron chi connectivity index (χ1n) is 12.0. The largest absolute Gasteiger partial charge is 0.404 e. The fourth-order valence-corrected chi connectivity index (χ4v) is 4.10. The molecule has 0 atom stereocenters. The lowest BCUT2D eigenvalue weighted by Crippen LogP contribution is -2.31. The van der Waals surface area contributed by atoms with Gasteiger partial charge in [0.1, 0.15) is 5.52 Å². The minimum absolute atomic E-state index is 0.122. The van der Waals surface area contributed by atoms with Crippen LogP contribution in [0.4, 0.5) is 0 Å². The number of ether oxygens (including phenoxy) is 1. The smallest absolute Gasteiger partial charge is 0.274 e. The topological polar surface area (TPSA) is 107 Å². The van der Waals surface area contributed by atoms with E-state index in [1.807, 2.05) is 56.4 Å². The monoisotopic (exact) mass is 485 g/mol. The number of fused-ring (bicyclic) bond motifs is 1. The van der Waals surface area contributed by atoms with Crippen LogP contribution in [0.25, 0.3) is 38.7 Å². The first-order chi connectivity index (χ1) is 17.5. The van der Waals surface area contributed by atoms with Crippen molar-refractivity contribution in [3.63, 3.8) is 0 Å². The van der Waals surface area contributed by atoms with Gasteiger partial charge in [-0.1, -0.05) is 44.2 Å². The van der Waals surface area contributed by atoms with Crippen LogP contribution in [0.3, 0.4) is 0 Å². The number of aromatic nitrogens is 3. The molecule has 0 saturated carbocycles. The molecule has 0 spiro atoms. The van der Waals surface area contributed by atoms with Crippen molar-refractivity contribution in [2.75, 3.05) is 13.2 Å². The number of hydrogen-bond donors (Lipinski definition) is 2. The molecule has 1 saturated heterocycles. The maximum absolute atomic E-state index is 13.0. The van der Waals surface area contributed by atoms with E-state index in [9.17, 15) is 9.59 Å². The van der Waals surface area contributed by atoms with Crippen molar-refractivity contribution in [2.24, 2.45) is 24.8 Å². The van der Waals surface area contributed by atoms with Crippen LogP contribution in [-0.2, 0) is 18.8 Å². The summed E-state index contributed by atoms with van der Waals surface area (Å²) in [5.41, 5.74) is 10.8. The first-order valence-corrected chi connectivity index (χ1v) is 12.0. The van der Waals surface area contributed by atoms with E-state index < -0.39 is 0 Å². The Kier molecular flexibility index (Phi) is 7.36. The Balaban J connectivity index is 0.00000148. The lowest BCUT2D eigenvalue weighted by Gasteiger charge is -2.21. The number of aliphatic imine (C=N–C) groups is 1. The predicted octanol–water partition coefficient (Wildman–Crippen LogP) is 3.69. The molecule has 3 aromatic heterocycles. The molecule has 36 heavy (non-hydrogen) atoms. The first kappa shape index (κ1) is 24.9. The van der Waals surface area contributed by atoms with Gasteiger partial charge >= 0.3 is 0 Å². The van der Waals surface area contributed by atoms with E-state index in [1.165, 1.54) is 10.8 Å². The van der Waals surface area contributed by atoms with Crippen LogP contribution in [0.1, 0.15) is 19.5 Å². The summed E-state index contributed by atoms with van der Waals surface area (Å²) < 4.78 is 8.25. The molecule has 4 heterocycles. The average Bonchev–Trinajstić information content (AvgIpc) is 3.32. The Morgan fingerprint density at radius 3 is 2.36 bits per heavy atom. The maximum atomic E-state index is 13.0. The molecule has 1 fully saturated rings. The summed E-state index contributed by atoms with van der Waals surface area (Å²) in [5.74, 6) is 0. The van der Waals surface area contributed by atoms with E-state index >= 15 is 0 Å². The van der Waals surface area contributed by atoms with E-state index in [-0.39, 0.29) is 17.2 Å². The van der Waals surface area contributed by atoms with Crippen molar-refractivity contribution >= 4 is 22.7 Å². The molecule has 8 nitrogen and oxygen atoms in total. The zero-order chi connectivity index (χ0) is 25.8. The highest BCUT2D eigenvalue weighted by Crippen LogP contribution is 2.35. The highest BCUT2D eigenvalue weighted by molar-refractivity contribution is 6.11. The van der Waals surface area contributed by atoms with Crippen molar-refractivity contribution < 1.29 is 4.74 Å². The SMILES string of the molecule is CC.Cn1cc(-c2ccccc2)c(-c2cn(C)c(=O)c3[nH]c(/C(C=NC4COC4)=C/N)cc23)cc1=O. The van der Waals surface area contributed by atoms with Gasteiger partial charge in [-0.05, 0) is 17.2 Å². The lowest BCUT2D eigenvalue weighted by atomic mass is 9.95. The van der Waals surface area contributed by atoms with Crippen molar-refractivity contribution in [1.82, 2.24) is 14.1 Å². The minimum Gasteiger partial charge on any atom is -0.404 e. The van der Waals surface area contributed by atoms with Crippen LogP contribution >= 0.6 is 0 Å². The Labute approximate surface area is 209 Å². The van der Waals surface area contributed by atoms with Gasteiger partial charge in [0.2, 0.25) is 0 Å². The van der Waals surface area contributed by atoms with Gasteiger partial charge in [0, 0.05) is 72.8 Å². The number of hydrogen-bond acceptors (Lipinski definition) is 5. The van der Waals surface area contributed by atoms with Gasteiger partial charge in [-0.2, -0.15) is 0 Å². The molecule has 3 N–H and O–H groups in total. The molecule has 5 rings (SSSR count). The summed E-state index contributed by atoms with van der Waals surface area (Å²) >= 11 is 0. The number of nitrogens with two attached hydrogens (primary N) is 1. The van der Waals surface area contributed by atoms with Gasteiger partial charge in [-0.15, -0.1) is 0 Å². The zero-order valence-electron chi connectivity index (χ0n) is 21.0. The van der Waals surface area contributed by atoms with Gasteiger partial charge in [-0.3, -0.25) is 14.6 Å². The number of aryl methyl sites for hydroxylation is 2. The van der Waals surface area contributed by atoms with Gasteiger partial charge in [0.15, 0.2) is 0 Å². The molecule has 0 unspecified atom stereocenters. The molecular formula is C28H31N5O3. The van der Waals surface area contributed by atoms with Crippen molar-refractivity contribution in [1.29, 1.82) is 0 Å². The number of rotatable bonds is 5. The Morgan fingerprint density at radius 2 is 1.72 bits per heavy atom. The molecule has 4 aromatic rings. The second kappa shape index (κ2) is 10.6. The van der Waals surface area contributed by atoms with E-state index in [0.29, 0.717) is 35.4 Å². The summed E-state index contributed by atoms with van der Waals surface area (Å²) in [6.07, 6.45) is 6.77. The highest BCUT2D eigenvalue weighted by Gasteiger charge is 2.19. The summed E-state index contributed by atoms with van der Waals surface area (Å²) in [6, 6.07) is 13.5. The van der Waals surface area contributed by atoms with Crippen LogP contribution in [0.5, 0.6) is 0 Å². The maximum Gasteiger partial charge on any atom is 0.274 e. The lowest BCUT2D eigenvalue weighted by molar-refractivity contribution is 0.0136. The Hall–Kier alpha value is -4.17. The second-order valence-corrected chi connectivity index (χ2v) is 8.44. The molecule has 1 aromatic carbocycles. The van der Waals surface area contributed by atoms with Gasteiger partial charge in [0.05, 0.1) is 19.3 Å². The number of nitrogens with zero attached hydrogens (tertiary/aromatic N) is 3. The van der Waals surface area contributed by atoms with Gasteiger partial charge in [0.25, 0.3) is 11.1 Å². The third-order valence-electron chi connectivity index (χ3n) is 6.10. The molecule has 186 valence electrons. The normalized spacial score (nSPS) is 14.1. The number of nitrogens with one attached hydrogen (secondary N) is 1. The molecule has 0 radical (unpaired) electrons. The van der Waals surface area contributed by atoms with Gasteiger partial charge < -0.3 is 24.6 Å². The highest BCUT2D eigenvalue weighted by atomic mass is 16.5. The number of allylic oxidation sites excluding steroid dienone is 1. The Bertz CT molecular complexity index is 1550. The molecule has 0 aliphatic carbocycles. The standard InChI is InChI=1S/C26H25N5O3.C2H6/c1-30-12-21(16-6-4-3-5-7-16)19(9-24(30)32)22-13-31(2)26(33)25-20(22)8-23(29-25)17(10-27)11-28-18-14-34-15-18;1-2/h3-13,18,29H,14-15,27H2,1-2H3;1-2H3/b17-10+,28-11?;. The van der Waals surface area contributed by atoms with E-state index in [2.05, 4.69) is 9.98 Å². The number of aromatic amines is 1. The van der Waals surface area contributed by atoms with E-state index in [1.54, 1.807) is 37.1 Å². The van der Waals surface area contributed by atoms with Crippen LogP contribution in [0, 0.1) is 0 Å². The van der Waals surface area contributed by atoms with Crippen LogP contribution in [-0.4, -0.2) is 39.6 Å². The van der Waals surface area contributed by atoms with E-state index in [0.717, 1.165) is 22.3 Å². The number of H-pyrrole nitrogens is 1.